The Morgan fingerprint density at radius 3 is 1.69 bits per heavy atom. The van der Waals surface area contributed by atoms with Crippen molar-refractivity contribution in [2.45, 2.75) is 5.41 Å². The van der Waals surface area contributed by atoms with E-state index < -0.39 is 5.41 Å². The van der Waals surface area contributed by atoms with E-state index in [9.17, 15) is 0 Å². The molecule has 4 heteroatoms. The van der Waals surface area contributed by atoms with Gasteiger partial charge in [0.05, 0.1) is 27.0 Å². The number of rotatable bonds is 7. The molecule has 0 bridgehead atoms. The lowest BCUT2D eigenvalue weighted by atomic mass is 9.67. The lowest BCUT2D eigenvalue weighted by Crippen LogP contribution is -2.28. The molecule has 0 aliphatic heterocycles. The van der Waals surface area contributed by atoms with Crippen LogP contribution in [0.5, 0.6) is 0 Å². The fourth-order valence-corrected chi connectivity index (χ4v) is 10.9. The van der Waals surface area contributed by atoms with E-state index in [0.717, 1.165) is 60.5 Å². The molecular formula is C58H37N3S. The molecule has 3 nitrogen and oxygen atoms in total. The van der Waals surface area contributed by atoms with E-state index in [1.807, 2.05) is 30.5 Å². The first-order valence-corrected chi connectivity index (χ1v) is 21.8. The van der Waals surface area contributed by atoms with Crippen LogP contribution in [0.25, 0.3) is 87.6 Å². The molecule has 8 aromatic carbocycles. The lowest BCUT2D eigenvalue weighted by Gasteiger charge is -2.34. The number of pyridine rings is 1. The largest absolute Gasteiger partial charge is 0.255 e. The van der Waals surface area contributed by atoms with Crippen molar-refractivity contribution < 1.29 is 0 Å². The van der Waals surface area contributed by atoms with E-state index in [-0.39, 0.29) is 0 Å². The topological polar surface area (TPSA) is 38.7 Å². The minimum Gasteiger partial charge on any atom is -0.255 e. The molecule has 3 heterocycles. The van der Waals surface area contributed by atoms with Crippen molar-refractivity contribution in [3.05, 3.63) is 247 Å². The highest BCUT2D eigenvalue weighted by molar-refractivity contribution is 7.26. The number of benzene rings is 8. The van der Waals surface area contributed by atoms with Crippen molar-refractivity contribution in [3.63, 3.8) is 0 Å². The van der Waals surface area contributed by atoms with Crippen LogP contribution in [-0.2, 0) is 5.41 Å². The van der Waals surface area contributed by atoms with E-state index >= 15 is 0 Å². The molecule has 0 atom stereocenters. The monoisotopic (exact) mass is 807 g/mol. The SMILES string of the molecule is c1ccc(-c2cc(-c3cc(-c4ccc5c(c4)C(c4ccccc4)(c4ccccc4)c4ccccc4-5)ccc3-c3ccnc4c3sc3ccccc34)nc(-c3ccccc3)n2)cc1. The van der Waals surface area contributed by atoms with Crippen LogP contribution < -0.4 is 0 Å². The van der Waals surface area contributed by atoms with Crippen LogP contribution >= 0.6 is 11.3 Å². The molecule has 0 radical (unpaired) electrons. The van der Waals surface area contributed by atoms with Crippen LogP contribution in [-0.4, -0.2) is 15.0 Å². The molecular weight excluding hydrogens is 771 g/mol. The molecule has 0 saturated carbocycles. The first-order chi connectivity index (χ1) is 30.7. The van der Waals surface area contributed by atoms with E-state index in [1.54, 1.807) is 11.3 Å². The average molecular weight is 808 g/mol. The van der Waals surface area contributed by atoms with E-state index in [4.69, 9.17) is 15.0 Å². The van der Waals surface area contributed by atoms with Gasteiger partial charge in [-0.25, -0.2) is 9.97 Å². The number of hydrogen-bond donors (Lipinski definition) is 0. The third-order valence-electron chi connectivity index (χ3n) is 12.5. The summed E-state index contributed by atoms with van der Waals surface area (Å²) in [5, 5.41) is 1.17. The third-order valence-corrected chi connectivity index (χ3v) is 13.7. The van der Waals surface area contributed by atoms with Crippen molar-refractivity contribution in [3.8, 4) is 67.3 Å². The van der Waals surface area contributed by atoms with Gasteiger partial charge < -0.3 is 0 Å². The van der Waals surface area contributed by atoms with Gasteiger partial charge in [-0.15, -0.1) is 11.3 Å². The molecule has 0 fully saturated rings. The molecule has 0 amide bonds. The van der Waals surface area contributed by atoms with Crippen LogP contribution in [0, 0.1) is 0 Å². The number of nitrogens with zero attached hydrogens (tertiary/aromatic N) is 3. The van der Waals surface area contributed by atoms with Gasteiger partial charge in [-0.1, -0.05) is 188 Å². The fraction of sp³-hybridized carbons (Fsp3) is 0.0172. The highest BCUT2D eigenvalue weighted by Gasteiger charge is 2.46. The second kappa shape index (κ2) is 14.7. The predicted octanol–water partition coefficient (Wildman–Crippen LogP) is 14.9. The second-order valence-electron chi connectivity index (χ2n) is 15.9. The van der Waals surface area contributed by atoms with Crippen LogP contribution in [0.15, 0.2) is 225 Å². The quantitative estimate of drug-likeness (QED) is 0.161. The van der Waals surface area contributed by atoms with Gasteiger partial charge in [-0.2, -0.15) is 0 Å². The summed E-state index contributed by atoms with van der Waals surface area (Å²) >= 11 is 1.80. The Kier molecular flexibility index (Phi) is 8.58. The maximum Gasteiger partial charge on any atom is 0.160 e. The van der Waals surface area contributed by atoms with E-state index in [1.165, 1.54) is 43.5 Å². The summed E-state index contributed by atoms with van der Waals surface area (Å²) in [4.78, 5) is 15.5. The van der Waals surface area contributed by atoms with E-state index in [0.29, 0.717) is 5.82 Å². The Morgan fingerprint density at radius 2 is 0.952 bits per heavy atom. The minimum atomic E-state index is -0.501. The zero-order chi connectivity index (χ0) is 41.0. The molecule has 62 heavy (non-hydrogen) atoms. The van der Waals surface area contributed by atoms with E-state index in [2.05, 4.69) is 194 Å². The van der Waals surface area contributed by atoms with Crippen molar-refractivity contribution >= 4 is 31.6 Å². The number of fused-ring (bicyclic) bond motifs is 6. The summed E-state index contributed by atoms with van der Waals surface area (Å²) in [5.41, 5.74) is 17.4. The summed E-state index contributed by atoms with van der Waals surface area (Å²) in [6, 6.07) is 78.5. The summed E-state index contributed by atoms with van der Waals surface area (Å²) < 4.78 is 2.38. The maximum atomic E-state index is 5.41. The number of hydrogen-bond acceptors (Lipinski definition) is 4. The van der Waals surface area contributed by atoms with Gasteiger partial charge in [0.15, 0.2) is 5.82 Å². The van der Waals surface area contributed by atoms with Crippen LogP contribution in [0.4, 0.5) is 0 Å². The normalized spacial score (nSPS) is 12.6. The van der Waals surface area contributed by atoms with Crippen LogP contribution in [0.2, 0.25) is 0 Å². The first kappa shape index (κ1) is 36.1. The van der Waals surface area contributed by atoms with Gasteiger partial charge in [-0.05, 0) is 80.4 Å². The van der Waals surface area contributed by atoms with Crippen LogP contribution in [0.3, 0.4) is 0 Å². The lowest BCUT2D eigenvalue weighted by molar-refractivity contribution is 0.769. The molecule has 3 aromatic heterocycles. The Hall–Kier alpha value is -7.79. The van der Waals surface area contributed by atoms with Gasteiger partial charge >= 0.3 is 0 Å². The molecule has 12 rings (SSSR count). The number of thiophene rings is 1. The van der Waals surface area contributed by atoms with Gasteiger partial charge in [-0.3, -0.25) is 4.98 Å². The Morgan fingerprint density at radius 1 is 0.371 bits per heavy atom. The minimum absolute atomic E-state index is 0.501. The summed E-state index contributed by atoms with van der Waals surface area (Å²) in [6.45, 7) is 0. The molecule has 0 N–H and O–H groups in total. The van der Waals surface area contributed by atoms with Crippen molar-refractivity contribution in [1.29, 1.82) is 0 Å². The van der Waals surface area contributed by atoms with Gasteiger partial charge in [0.2, 0.25) is 0 Å². The summed E-state index contributed by atoms with van der Waals surface area (Å²) in [6.07, 6.45) is 1.95. The third kappa shape index (κ3) is 5.76. The standard InChI is InChI=1S/C58H37N3S/c1-5-17-38(18-6-1)52-37-53(61-57(60-52)39-19-7-2-8-20-39)49-35-40(29-31-44(49)47-33-34-59-55-48-26-14-16-28-54(48)62-56(47)55)41-30-32-46-45-25-13-15-27-50(45)58(51(46)36-41,42-21-9-3-10-22-42)43-23-11-4-12-24-43/h1-37H. The smallest absolute Gasteiger partial charge is 0.160 e. The van der Waals surface area contributed by atoms with Crippen LogP contribution in [0.1, 0.15) is 22.3 Å². The summed E-state index contributed by atoms with van der Waals surface area (Å²) in [7, 11) is 0. The molecule has 0 saturated heterocycles. The highest BCUT2D eigenvalue weighted by atomic mass is 32.1. The Labute approximate surface area is 364 Å². The molecule has 1 aliphatic carbocycles. The highest BCUT2D eigenvalue weighted by Crippen LogP contribution is 2.57. The zero-order valence-corrected chi connectivity index (χ0v) is 34.4. The Bertz CT molecular complexity index is 3350. The molecule has 1 aliphatic rings. The van der Waals surface area contributed by atoms with Crippen molar-refractivity contribution in [1.82, 2.24) is 15.0 Å². The maximum absolute atomic E-state index is 5.41. The number of aromatic nitrogens is 3. The molecule has 290 valence electrons. The fourth-order valence-electron chi connectivity index (χ4n) is 9.67. The average Bonchev–Trinajstić information content (AvgIpc) is 3.89. The van der Waals surface area contributed by atoms with Gasteiger partial charge in [0.1, 0.15) is 0 Å². The zero-order valence-electron chi connectivity index (χ0n) is 33.6. The van der Waals surface area contributed by atoms with Crippen molar-refractivity contribution in [2.24, 2.45) is 0 Å². The first-order valence-electron chi connectivity index (χ1n) is 21.0. The second-order valence-corrected chi connectivity index (χ2v) is 16.9. The molecule has 0 spiro atoms. The van der Waals surface area contributed by atoms with Gasteiger partial charge in [0.25, 0.3) is 0 Å². The molecule has 11 aromatic rings. The van der Waals surface area contributed by atoms with Gasteiger partial charge in [0, 0.05) is 38.5 Å². The summed E-state index contributed by atoms with van der Waals surface area (Å²) in [5.74, 6) is 0.686. The predicted molar refractivity (Wildman–Crippen MR) is 257 cm³/mol. The Balaban J connectivity index is 1.12. The van der Waals surface area contributed by atoms with Crippen molar-refractivity contribution in [2.75, 3.05) is 0 Å². The molecule has 0 unspecified atom stereocenters.